The molecule has 2 amide bonds. The molecule has 0 saturated carbocycles. The van der Waals surface area contributed by atoms with Crippen LogP contribution in [0.25, 0.3) is 0 Å². The van der Waals surface area contributed by atoms with Crippen LogP contribution in [0.4, 0.5) is 11.4 Å². The van der Waals surface area contributed by atoms with E-state index >= 15 is 0 Å². The molecule has 0 aliphatic carbocycles. The topological polar surface area (TPSA) is 140 Å². The lowest BCUT2D eigenvalue weighted by atomic mass is 10.1. The highest BCUT2D eigenvalue weighted by Crippen LogP contribution is 2.30. The van der Waals surface area contributed by atoms with Crippen LogP contribution in [0.5, 0.6) is 5.75 Å². The first-order valence-corrected chi connectivity index (χ1v) is 10.0. The number of amides is 2. The molecule has 10 heteroatoms. The quantitative estimate of drug-likeness (QED) is 0.180. The molecular formula is C24H20N4O6. The normalized spacial score (nSPS) is 10.5. The fraction of sp³-hybridized carbons (Fsp3) is 0.0833. The molecule has 3 rings (SSSR count). The lowest BCUT2D eigenvalue weighted by Gasteiger charge is -2.08. The van der Waals surface area contributed by atoms with Crippen LogP contribution in [0.2, 0.25) is 0 Å². The Morgan fingerprint density at radius 1 is 1.00 bits per heavy atom. The molecule has 0 saturated heterocycles. The maximum Gasteiger partial charge on any atom is 0.343 e. The number of nitro benzene ring substituents is 1. The van der Waals surface area contributed by atoms with E-state index < -0.39 is 22.5 Å². The van der Waals surface area contributed by atoms with E-state index in [1.165, 1.54) is 43.3 Å². The molecule has 0 unspecified atom stereocenters. The molecular weight excluding hydrogens is 440 g/mol. The minimum absolute atomic E-state index is 0.122. The zero-order chi connectivity index (χ0) is 24.7. The number of aryl methyl sites for hydroxylation is 1. The Balaban J connectivity index is 1.79. The summed E-state index contributed by atoms with van der Waals surface area (Å²) in [5, 5.41) is 17.9. The molecule has 0 radical (unpaired) electrons. The maximum atomic E-state index is 12.6. The number of hydrazone groups is 1. The van der Waals surface area contributed by atoms with Gasteiger partial charge in [0, 0.05) is 29.8 Å². The molecule has 34 heavy (non-hydrogen) atoms. The molecule has 172 valence electrons. The smallest absolute Gasteiger partial charge is 0.343 e. The van der Waals surface area contributed by atoms with Crippen molar-refractivity contribution in [1.29, 1.82) is 0 Å². The van der Waals surface area contributed by atoms with Crippen molar-refractivity contribution in [2.45, 2.75) is 13.8 Å². The summed E-state index contributed by atoms with van der Waals surface area (Å²) in [5.41, 5.74) is 3.87. The van der Waals surface area contributed by atoms with Crippen molar-refractivity contribution in [3.05, 3.63) is 99.1 Å². The van der Waals surface area contributed by atoms with Gasteiger partial charge in [-0.05, 0) is 49.4 Å². The summed E-state index contributed by atoms with van der Waals surface area (Å²) in [6.45, 7) is 3.17. The fourth-order valence-corrected chi connectivity index (χ4v) is 2.96. The summed E-state index contributed by atoms with van der Waals surface area (Å²) in [7, 11) is 0. The summed E-state index contributed by atoms with van der Waals surface area (Å²) in [6, 6.07) is 16.8. The van der Waals surface area contributed by atoms with Crippen molar-refractivity contribution in [1.82, 2.24) is 5.43 Å². The van der Waals surface area contributed by atoms with Gasteiger partial charge in [-0.2, -0.15) is 5.10 Å². The van der Waals surface area contributed by atoms with Crippen LogP contribution in [0, 0.1) is 17.0 Å². The molecule has 0 spiro atoms. The van der Waals surface area contributed by atoms with E-state index in [4.69, 9.17) is 4.74 Å². The van der Waals surface area contributed by atoms with Crippen LogP contribution in [0.3, 0.4) is 0 Å². The van der Waals surface area contributed by atoms with Crippen LogP contribution in [0.15, 0.2) is 71.8 Å². The minimum Gasteiger partial charge on any atom is -0.415 e. The van der Waals surface area contributed by atoms with Gasteiger partial charge in [0.2, 0.25) is 11.7 Å². The molecule has 0 bridgehead atoms. The number of rotatable bonds is 7. The van der Waals surface area contributed by atoms with E-state index in [9.17, 15) is 24.5 Å². The van der Waals surface area contributed by atoms with Gasteiger partial charge in [-0.1, -0.05) is 23.8 Å². The van der Waals surface area contributed by atoms with Crippen LogP contribution in [-0.4, -0.2) is 28.9 Å². The average molecular weight is 460 g/mol. The van der Waals surface area contributed by atoms with E-state index in [1.807, 2.05) is 0 Å². The second-order valence-corrected chi connectivity index (χ2v) is 7.17. The van der Waals surface area contributed by atoms with Crippen LogP contribution in [-0.2, 0) is 4.79 Å². The van der Waals surface area contributed by atoms with E-state index in [-0.39, 0.29) is 28.3 Å². The van der Waals surface area contributed by atoms with Crippen molar-refractivity contribution < 1.29 is 24.0 Å². The number of hydrogen-bond donors (Lipinski definition) is 2. The summed E-state index contributed by atoms with van der Waals surface area (Å²) in [5.74, 6) is -1.85. The van der Waals surface area contributed by atoms with Gasteiger partial charge in [0.15, 0.2) is 0 Å². The number of esters is 1. The van der Waals surface area contributed by atoms with Gasteiger partial charge in [0.1, 0.15) is 0 Å². The van der Waals surface area contributed by atoms with E-state index in [0.29, 0.717) is 5.69 Å². The average Bonchev–Trinajstić information content (AvgIpc) is 2.79. The van der Waals surface area contributed by atoms with Gasteiger partial charge in [-0.15, -0.1) is 0 Å². The lowest BCUT2D eigenvalue weighted by Crippen LogP contribution is -2.18. The standard InChI is InChI=1S/C24H20N4O6/c1-15-5-3-6-18(13-15)24(31)34-22-19(7-4-8-21(22)28(32)33)14-25-27-23(30)17-9-11-20(12-10-17)26-16(2)29/h3-14H,1-2H3,(H,26,29)(H,27,30)/b25-14+. The number of nitrogens with one attached hydrogen (secondary N) is 2. The molecule has 0 atom stereocenters. The second kappa shape index (κ2) is 10.6. The molecule has 10 nitrogen and oxygen atoms in total. The number of benzene rings is 3. The number of para-hydroxylation sites is 1. The molecule has 3 aromatic carbocycles. The van der Waals surface area contributed by atoms with Gasteiger partial charge in [-0.25, -0.2) is 10.2 Å². The van der Waals surface area contributed by atoms with Gasteiger partial charge in [0.05, 0.1) is 16.7 Å². The molecule has 0 aliphatic heterocycles. The Kier molecular flexibility index (Phi) is 7.45. The molecule has 0 aromatic heterocycles. The molecule has 0 aliphatic rings. The summed E-state index contributed by atoms with van der Waals surface area (Å²) < 4.78 is 5.35. The Morgan fingerprint density at radius 2 is 1.71 bits per heavy atom. The highest BCUT2D eigenvalue weighted by Gasteiger charge is 2.22. The monoisotopic (exact) mass is 460 g/mol. The number of ether oxygens (including phenoxy) is 1. The number of hydrogen-bond acceptors (Lipinski definition) is 7. The van der Waals surface area contributed by atoms with Crippen LogP contribution in [0.1, 0.15) is 38.8 Å². The Hall–Kier alpha value is -4.86. The lowest BCUT2D eigenvalue weighted by molar-refractivity contribution is -0.385. The SMILES string of the molecule is CC(=O)Nc1ccc(C(=O)N/N=C/c2cccc([N+](=O)[O-])c2OC(=O)c2cccc(C)c2)cc1. The fourth-order valence-electron chi connectivity index (χ4n) is 2.96. The summed E-state index contributed by atoms with van der Waals surface area (Å²) >= 11 is 0. The van der Waals surface area contributed by atoms with Gasteiger partial charge in [0.25, 0.3) is 5.91 Å². The van der Waals surface area contributed by atoms with E-state index in [0.717, 1.165) is 11.8 Å². The third-order valence-corrected chi connectivity index (χ3v) is 4.51. The zero-order valence-electron chi connectivity index (χ0n) is 18.3. The first-order chi connectivity index (χ1) is 16.2. The first-order valence-electron chi connectivity index (χ1n) is 10.0. The molecule has 0 fully saturated rings. The highest BCUT2D eigenvalue weighted by atomic mass is 16.6. The number of anilines is 1. The Bertz CT molecular complexity index is 1280. The first kappa shape index (κ1) is 23.8. The third-order valence-electron chi connectivity index (χ3n) is 4.51. The van der Waals surface area contributed by atoms with Crippen molar-refractivity contribution in [2.75, 3.05) is 5.32 Å². The largest absolute Gasteiger partial charge is 0.415 e. The number of nitro groups is 1. The van der Waals surface area contributed by atoms with Crippen LogP contribution >= 0.6 is 0 Å². The molecule has 3 aromatic rings. The zero-order valence-corrected chi connectivity index (χ0v) is 18.3. The van der Waals surface area contributed by atoms with Crippen molar-refractivity contribution in [2.24, 2.45) is 5.10 Å². The third kappa shape index (κ3) is 6.10. The highest BCUT2D eigenvalue weighted by molar-refractivity contribution is 5.97. The van der Waals surface area contributed by atoms with Crippen LogP contribution < -0.4 is 15.5 Å². The second-order valence-electron chi connectivity index (χ2n) is 7.17. The molecule has 0 heterocycles. The summed E-state index contributed by atoms with van der Waals surface area (Å²) in [4.78, 5) is 46.8. The molecule has 2 N–H and O–H groups in total. The maximum absolute atomic E-state index is 12.6. The van der Waals surface area contributed by atoms with Crippen molar-refractivity contribution in [3.63, 3.8) is 0 Å². The number of nitrogens with zero attached hydrogens (tertiary/aromatic N) is 2. The number of carbonyl (C=O) groups excluding carboxylic acids is 3. The van der Waals surface area contributed by atoms with E-state index in [2.05, 4.69) is 15.8 Å². The Morgan fingerprint density at radius 3 is 2.35 bits per heavy atom. The minimum atomic E-state index is -0.768. The predicted octanol–water partition coefficient (Wildman–Crippen LogP) is 3.84. The van der Waals surface area contributed by atoms with Crippen molar-refractivity contribution >= 4 is 35.4 Å². The van der Waals surface area contributed by atoms with Gasteiger partial charge < -0.3 is 10.1 Å². The van der Waals surface area contributed by atoms with Gasteiger partial charge >= 0.3 is 11.7 Å². The Labute approximate surface area is 194 Å². The summed E-state index contributed by atoms with van der Waals surface area (Å²) in [6.07, 6.45) is 1.15. The number of carbonyl (C=O) groups is 3. The predicted molar refractivity (Wildman–Crippen MR) is 125 cm³/mol. The van der Waals surface area contributed by atoms with Crippen molar-refractivity contribution in [3.8, 4) is 5.75 Å². The van der Waals surface area contributed by atoms with E-state index in [1.54, 1.807) is 37.3 Å². The van der Waals surface area contributed by atoms with Gasteiger partial charge in [-0.3, -0.25) is 19.7 Å².